The van der Waals surface area contributed by atoms with Gasteiger partial charge in [0.1, 0.15) is 6.61 Å². The van der Waals surface area contributed by atoms with E-state index >= 15 is 0 Å². The maximum absolute atomic E-state index is 11.6. The van der Waals surface area contributed by atoms with Gasteiger partial charge in [-0.25, -0.2) is 4.79 Å². The minimum atomic E-state index is -1.11. The van der Waals surface area contributed by atoms with E-state index in [0.29, 0.717) is 12.8 Å². The summed E-state index contributed by atoms with van der Waals surface area (Å²) >= 11 is 0. The van der Waals surface area contributed by atoms with Crippen molar-refractivity contribution in [3.05, 3.63) is 35.9 Å². The van der Waals surface area contributed by atoms with Crippen molar-refractivity contribution in [2.45, 2.75) is 31.9 Å². The average Bonchev–Trinajstić information content (AvgIpc) is 2.86. The van der Waals surface area contributed by atoms with Gasteiger partial charge < -0.3 is 20.0 Å². The van der Waals surface area contributed by atoms with Crippen LogP contribution in [0, 0.1) is 5.92 Å². The molecule has 0 aromatic heterocycles. The molecule has 1 saturated carbocycles. The smallest absolute Gasteiger partial charge is 0.407 e. The van der Waals surface area contributed by atoms with Crippen molar-refractivity contribution < 1.29 is 19.4 Å². The van der Waals surface area contributed by atoms with Crippen LogP contribution in [0.4, 0.5) is 4.79 Å². The molecule has 1 aromatic rings. The lowest BCUT2D eigenvalue weighted by molar-refractivity contribution is -0.311. The van der Waals surface area contributed by atoms with Crippen LogP contribution in [0.1, 0.15) is 24.8 Å². The summed E-state index contributed by atoms with van der Waals surface area (Å²) in [5, 5.41) is 13.5. The first-order valence-electron chi connectivity index (χ1n) is 6.35. The molecule has 0 bridgehead atoms. The van der Waals surface area contributed by atoms with Crippen molar-refractivity contribution in [1.29, 1.82) is 0 Å². The number of benzene rings is 1. The van der Waals surface area contributed by atoms with Gasteiger partial charge in [-0.3, -0.25) is 0 Å². The Morgan fingerprint density at radius 3 is 2.68 bits per heavy atom. The van der Waals surface area contributed by atoms with Crippen LogP contribution in [-0.4, -0.2) is 18.1 Å². The highest BCUT2D eigenvalue weighted by atomic mass is 16.5. The van der Waals surface area contributed by atoms with Crippen LogP contribution in [-0.2, 0) is 16.1 Å². The number of nitrogens with one attached hydrogen (secondary N) is 1. The number of carbonyl (C=O) groups excluding carboxylic acids is 2. The van der Waals surface area contributed by atoms with Gasteiger partial charge in [0, 0.05) is 17.9 Å². The van der Waals surface area contributed by atoms with Crippen molar-refractivity contribution >= 4 is 12.1 Å². The summed E-state index contributed by atoms with van der Waals surface area (Å²) < 4.78 is 5.05. The van der Waals surface area contributed by atoms with Crippen LogP contribution in [0.3, 0.4) is 0 Å². The molecule has 1 aliphatic rings. The van der Waals surface area contributed by atoms with E-state index in [9.17, 15) is 14.7 Å². The Morgan fingerprint density at radius 2 is 2.00 bits per heavy atom. The topological polar surface area (TPSA) is 78.5 Å². The number of carbonyl (C=O) groups is 2. The molecule has 0 aliphatic heterocycles. The van der Waals surface area contributed by atoms with Crippen molar-refractivity contribution in [2.24, 2.45) is 5.92 Å². The lowest BCUT2D eigenvalue weighted by Crippen LogP contribution is -2.44. The van der Waals surface area contributed by atoms with E-state index in [1.807, 2.05) is 30.3 Å². The van der Waals surface area contributed by atoms with Crippen LogP contribution in [0.25, 0.3) is 0 Å². The summed E-state index contributed by atoms with van der Waals surface area (Å²) in [4.78, 5) is 22.5. The zero-order valence-corrected chi connectivity index (χ0v) is 10.5. The second kappa shape index (κ2) is 6.22. The number of carboxylic acids is 1. The zero-order valence-electron chi connectivity index (χ0n) is 10.5. The Bertz CT molecular complexity index is 446. The molecular formula is C14H16NO4-. The zero-order chi connectivity index (χ0) is 13.7. The third kappa shape index (κ3) is 3.71. The highest BCUT2D eigenvalue weighted by Gasteiger charge is 2.29. The molecule has 5 heteroatoms. The second-order valence-electron chi connectivity index (χ2n) is 4.67. The van der Waals surface area contributed by atoms with E-state index in [4.69, 9.17) is 4.74 Å². The van der Waals surface area contributed by atoms with Crippen molar-refractivity contribution in [2.75, 3.05) is 0 Å². The van der Waals surface area contributed by atoms with Crippen LogP contribution >= 0.6 is 0 Å². The van der Waals surface area contributed by atoms with E-state index in [-0.39, 0.29) is 12.6 Å². The quantitative estimate of drug-likeness (QED) is 0.871. The fourth-order valence-corrected chi connectivity index (χ4v) is 2.33. The number of aliphatic carboxylic acids is 1. The summed E-state index contributed by atoms with van der Waals surface area (Å²) in [5.74, 6) is -1.71. The Balaban J connectivity index is 1.80. The summed E-state index contributed by atoms with van der Waals surface area (Å²) in [7, 11) is 0. The van der Waals surface area contributed by atoms with Crippen molar-refractivity contribution in [1.82, 2.24) is 5.32 Å². The highest BCUT2D eigenvalue weighted by molar-refractivity contribution is 5.72. The van der Waals surface area contributed by atoms with Gasteiger partial charge in [-0.1, -0.05) is 36.8 Å². The summed E-state index contributed by atoms with van der Waals surface area (Å²) in [6, 6.07) is 8.93. The SMILES string of the molecule is O=C(N[C@H]1CCC[C@H]1C(=O)[O-])OCc1ccccc1. The third-order valence-electron chi connectivity index (χ3n) is 3.33. The molecule has 1 fully saturated rings. The third-order valence-corrected chi connectivity index (χ3v) is 3.33. The molecule has 1 N–H and O–H groups in total. The van der Waals surface area contributed by atoms with Crippen LogP contribution in [0.2, 0.25) is 0 Å². The minimum absolute atomic E-state index is 0.176. The molecule has 2 atom stereocenters. The molecule has 1 aliphatic carbocycles. The maximum atomic E-state index is 11.6. The van der Waals surface area contributed by atoms with E-state index in [1.165, 1.54) is 0 Å². The summed E-state index contributed by atoms with van der Waals surface area (Å²) in [6.07, 6.45) is 1.40. The standard InChI is InChI=1S/C14H17NO4/c16-13(17)11-7-4-8-12(11)15-14(18)19-9-10-5-2-1-3-6-10/h1-3,5-6,11-12H,4,7-9H2,(H,15,18)(H,16,17)/p-1/t11-,12+/m1/s1. The molecule has 5 nitrogen and oxygen atoms in total. The number of carboxylic acid groups (broad SMARTS) is 1. The van der Waals surface area contributed by atoms with Crippen LogP contribution < -0.4 is 10.4 Å². The van der Waals surface area contributed by atoms with Crippen molar-refractivity contribution in [3.63, 3.8) is 0 Å². The van der Waals surface area contributed by atoms with E-state index in [0.717, 1.165) is 12.0 Å². The first kappa shape index (κ1) is 13.4. The van der Waals surface area contributed by atoms with Gasteiger partial charge in [-0.15, -0.1) is 0 Å². The highest BCUT2D eigenvalue weighted by Crippen LogP contribution is 2.25. The van der Waals surface area contributed by atoms with Gasteiger partial charge in [0.25, 0.3) is 0 Å². The Morgan fingerprint density at radius 1 is 1.26 bits per heavy atom. The normalized spacial score (nSPS) is 21.9. The van der Waals surface area contributed by atoms with E-state index in [2.05, 4.69) is 5.32 Å². The average molecular weight is 262 g/mol. The Hall–Kier alpha value is -2.04. The van der Waals surface area contributed by atoms with Gasteiger partial charge in [-0.2, -0.15) is 0 Å². The molecule has 0 saturated heterocycles. The van der Waals surface area contributed by atoms with Crippen molar-refractivity contribution in [3.8, 4) is 0 Å². The first-order valence-corrected chi connectivity index (χ1v) is 6.35. The molecule has 102 valence electrons. The number of alkyl carbamates (subject to hydrolysis) is 1. The molecule has 19 heavy (non-hydrogen) atoms. The predicted molar refractivity (Wildman–Crippen MR) is 65.9 cm³/mol. The maximum Gasteiger partial charge on any atom is 0.407 e. The fraction of sp³-hybridized carbons (Fsp3) is 0.429. The first-order chi connectivity index (χ1) is 9.16. The Kier molecular flexibility index (Phi) is 4.39. The molecule has 0 radical (unpaired) electrons. The van der Waals surface area contributed by atoms with Gasteiger partial charge >= 0.3 is 6.09 Å². The number of hydrogen-bond donors (Lipinski definition) is 1. The monoisotopic (exact) mass is 262 g/mol. The van der Waals surface area contributed by atoms with Gasteiger partial charge in [0.2, 0.25) is 0 Å². The number of rotatable bonds is 4. The summed E-state index contributed by atoms with van der Waals surface area (Å²) in [5.41, 5.74) is 0.889. The summed E-state index contributed by atoms with van der Waals surface area (Å²) in [6.45, 7) is 0.176. The molecule has 1 aromatic carbocycles. The minimum Gasteiger partial charge on any atom is -0.550 e. The molecule has 0 unspecified atom stereocenters. The largest absolute Gasteiger partial charge is 0.550 e. The molecule has 0 heterocycles. The molecule has 1 amide bonds. The number of amides is 1. The number of hydrogen-bond acceptors (Lipinski definition) is 4. The Labute approximate surface area is 111 Å². The number of ether oxygens (including phenoxy) is 1. The van der Waals surface area contributed by atoms with Gasteiger partial charge in [0.05, 0.1) is 0 Å². The van der Waals surface area contributed by atoms with Crippen LogP contribution in [0.15, 0.2) is 30.3 Å². The second-order valence-corrected chi connectivity index (χ2v) is 4.67. The predicted octanol–water partition coefficient (Wildman–Crippen LogP) is 0.831. The van der Waals surface area contributed by atoms with E-state index < -0.39 is 18.0 Å². The van der Waals surface area contributed by atoms with Gasteiger partial charge in [0.15, 0.2) is 0 Å². The van der Waals surface area contributed by atoms with Crippen LogP contribution in [0.5, 0.6) is 0 Å². The lowest BCUT2D eigenvalue weighted by atomic mass is 10.0. The molecular weight excluding hydrogens is 246 g/mol. The van der Waals surface area contributed by atoms with Gasteiger partial charge in [-0.05, 0) is 18.4 Å². The molecule has 2 rings (SSSR count). The fourth-order valence-electron chi connectivity index (χ4n) is 2.33. The van der Waals surface area contributed by atoms with E-state index in [1.54, 1.807) is 0 Å². The molecule has 0 spiro atoms. The lowest BCUT2D eigenvalue weighted by Gasteiger charge is -2.21.